The van der Waals surface area contributed by atoms with E-state index in [1.807, 2.05) is 41.5 Å². The van der Waals surface area contributed by atoms with Crippen LogP contribution in [0.5, 0.6) is 11.5 Å². The van der Waals surface area contributed by atoms with Crippen molar-refractivity contribution in [3.8, 4) is 11.5 Å². The number of carbonyl (C=O) groups excluding carboxylic acids is 1. The fraction of sp³-hybridized carbons (Fsp3) is 0.400. The number of esters is 1. The summed E-state index contributed by atoms with van der Waals surface area (Å²) >= 11 is 0. The van der Waals surface area contributed by atoms with E-state index in [0.717, 1.165) is 11.1 Å². The summed E-state index contributed by atoms with van der Waals surface area (Å²) in [6.07, 6.45) is 0.330. The molecule has 0 aliphatic carbocycles. The van der Waals surface area contributed by atoms with Gasteiger partial charge in [0.1, 0.15) is 11.5 Å². The Morgan fingerprint density at radius 2 is 1.11 bits per heavy atom. The molecule has 0 bridgehead atoms. The number of hydrogen-bond donors (Lipinski definition) is 1. The van der Waals surface area contributed by atoms with E-state index in [1.54, 1.807) is 19.1 Å². The van der Waals surface area contributed by atoms with Crippen molar-refractivity contribution in [3.63, 3.8) is 0 Å². The third-order valence-corrected chi connectivity index (χ3v) is 3.22. The molecule has 1 rings (SSSR count). The molecular weight excluding hydrogens is 348 g/mol. The minimum atomic E-state index is -0.268. The third kappa shape index (κ3) is 11.9. The van der Waals surface area contributed by atoms with E-state index in [-0.39, 0.29) is 16.8 Å². The van der Waals surface area contributed by atoms with Crippen molar-refractivity contribution in [2.75, 3.05) is 0 Å². The van der Waals surface area contributed by atoms with E-state index in [2.05, 4.69) is 52.6 Å². The first-order valence-electron chi connectivity index (χ1n) is 9.05. The van der Waals surface area contributed by atoms with Gasteiger partial charge in [-0.1, -0.05) is 48.5 Å². The van der Waals surface area contributed by atoms with Crippen LogP contribution in [0.2, 0.25) is 0 Å². The van der Waals surface area contributed by atoms with E-state index < -0.39 is 0 Å². The maximum atomic E-state index is 11.5. The molecule has 28 heavy (non-hydrogen) atoms. The predicted octanol–water partition coefficient (Wildman–Crippen LogP) is 7.51. The number of carbonyl (C=O) groups is 1. The summed E-state index contributed by atoms with van der Waals surface area (Å²) in [7, 11) is 0. The molecule has 1 N–H and O–H groups in total. The average molecular weight is 391 g/mol. The lowest BCUT2D eigenvalue weighted by Gasteiger charge is -2.27. The van der Waals surface area contributed by atoms with Gasteiger partial charge < -0.3 is 9.84 Å². The van der Waals surface area contributed by atoms with Crippen LogP contribution >= 0.6 is 0 Å². The number of hydrogen-bond acceptors (Lipinski definition) is 3. The van der Waals surface area contributed by atoms with Gasteiger partial charge in [0.2, 0.25) is 0 Å². The molecule has 1 aromatic rings. The van der Waals surface area contributed by atoms with Crippen LogP contribution in [0.15, 0.2) is 64.8 Å². The Bertz CT molecular complexity index is 517. The van der Waals surface area contributed by atoms with Crippen molar-refractivity contribution in [3.05, 3.63) is 75.9 Å². The summed E-state index contributed by atoms with van der Waals surface area (Å²) < 4.78 is 5.34. The Labute approximate surface area is 174 Å². The molecule has 0 fully saturated rings. The van der Waals surface area contributed by atoms with Gasteiger partial charge in [0.05, 0.1) is 0 Å². The number of aromatic hydroxyl groups is 1. The Kier molecular flexibility index (Phi) is 19.6. The minimum absolute atomic E-state index is 0.223. The second kappa shape index (κ2) is 16.6. The third-order valence-electron chi connectivity index (χ3n) is 3.22. The number of phenols is 1. The van der Waals surface area contributed by atoms with Crippen LogP contribution in [0.3, 0.4) is 0 Å². The van der Waals surface area contributed by atoms with Crippen molar-refractivity contribution < 1.29 is 14.6 Å². The molecular formula is C25H42O3. The van der Waals surface area contributed by atoms with Crippen LogP contribution in [0.1, 0.15) is 66.0 Å². The molecule has 0 aliphatic heterocycles. The van der Waals surface area contributed by atoms with E-state index in [4.69, 9.17) is 4.74 Å². The van der Waals surface area contributed by atoms with Crippen LogP contribution in [-0.2, 0) is 15.6 Å². The Balaban J connectivity index is -0.000000318. The summed E-state index contributed by atoms with van der Waals surface area (Å²) in [5, 5.41) is 10.5. The average Bonchev–Trinajstić information content (AvgIpc) is 2.67. The second-order valence-electron chi connectivity index (χ2n) is 7.19. The van der Waals surface area contributed by atoms with Gasteiger partial charge >= 0.3 is 5.97 Å². The molecule has 1 aromatic carbocycles. The fourth-order valence-electron chi connectivity index (χ4n) is 2.01. The first kappa shape index (κ1) is 33.1. The van der Waals surface area contributed by atoms with Gasteiger partial charge in [-0.15, -0.1) is 52.6 Å². The Morgan fingerprint density at radius 1 is 0.821 bits per heavy atom. The zero-order valence-corrected chi connectivity index (χ0v) is 19.3. The highest BCUT2D eigenvalue weighted by Crippen LogP contribution is 2.41. The molecule has 160 valence electrons. The van der Waals surface area contributed by atoms with Crippen LogP contribution in [0, 0.1) is 0 Å². The first-order chi connectivity index (χ1) is 13.0. The van der Waals surface area contributed by atoms with Gasteiger partial charge in [-0.05, 0) is 23.0 Å². The van der Waals surface area contributed by atoms with Crippen LogP contribution in [-0.4, -0.2) is 11.1 Å². The molecule has 0 saturated carbocycles. The molecule has 0 heterocycles. The van der Waals surface area contributed by atoms with Crippen LogP contribution < -0.4 is 4.74 Å². The summed E-state index contributed by atoms with van der Waals surface area (Å²) in [5.74, 6) is 0.529. The highest BCUT2D eigenvalue weighted by Gasteiger charge is 2.27. The van der Waals surface area contributed by atoms with Crippen molar-refractivity contribution in [2.24, 2.45) is 0 Å². The summed E-state index contributed by atoms with van der Waals surface area (Å²) in [5.41, 5.74) is 1.14. The highest BCUT2D eigenvalue weighted by atomic mass is 16.5. The molecule has 0 radical (unpaired) electrons. The topological polar surface area (TPSA) is 46.5 Å². The lowest BCUT2D eigenvalue weighted by molar-refractivity contribution is -0.134. The van der Waals surface area contributed by atoms with Crippen LogP contribution in [0.25, 0.3) is 0 Å². The smallest absolute Gasteiger partial charge is 0.310 e. The molecule has 0 unspecified atom stereocenters. The van der Waals surface area contributed by atoms with Crippen molar-refractivity contribution in [2.45, 2.75) is 65.7 Å². The van der Waals surface area contributed by atoms with Gasteiger partial charge in [0.15, 0.2) is 0 Å². The van der Waals surface area contributed by atoms with E-state index in [9.17, 15) is 9.90 Å². The Hall–Kier alpha value is -2.55. The molecule has 0 aromatic heterocycles. The van der Waals surface area contributed by atoms with Crippen molar-refractivity contribution in [1.82, 2.24) is 0 Å². The molecule has 0 aliphatic rings. The number of benzene rings is 1. The number of phenolic OH excluding ortho intramolecular Hbond substituents is 1. The maximum absolute atomic E-state index is 11.5. The Morgan fingerprint density at radius 3 is 1.32 bits per heavy atom. The predicted molar refractivity (Wildman–Crippen MR) is 126 cm³/mol. The first-order valence-corrected chi connectivity index (χ1v) is 9.05. The normalized spacial score (nSPS) is 9.39. The quantitative estimate of drug-likeness (QED) is 0.323. The van der Waals surface area contributed by atoms with Gasteiger partial charge in [0, 0.05) is 17.5 Å². The lowest BCUT2D eigenvalue weighted by Crippen LogP contribution is -2.18. The van der Waals surface area contributed by atoms with E-state index in [1.165, 1.54) is 0 Å². The zero-order chi connectivity index (χ0) is 23.7. The van der Waals surface area contributed by atoms with Gasteiger partial charge in [-0.25, -0.2) is 0 Å². The zero-order valence-electron chi connectivity index (χ0n) is 19.3. The molecule has 0 atom stereocenters. The largest absolute Gasteiger partial charge is 0.507 e. The molecule has 3 heteroatoms. The summed E-state index contributed by atoms with van der Waals surface area (Å²) in [4.78, 5) is 11.5. The molecule has 0 saturated heterocycles. The molecule has 0 amide bonds. The second-order valence-corrected chi connectivity index (χ2v) is 7.19. The van der Waals surface area contributed by atoms with Gasteiger partial charge in [-0.2, -0.15) is 0 Å². The minimum Gasteiger partial charge on any atom is -0.507 e. The molecule has 0 spiro atoms. The summed E-state index contributed by atoms with van der Waals surface area (Å²) in [6, 6.07) is 3.52. The van der Waals surface area contributed by atoms with Crippen molar-refractivity contribution >= 4 is 5.97 Å². The van der Waals surface area contributed by atoms with E-state index >= 15 is 0 Å². The highest BCUT2D eigenvalue weighted by molar-refractivity contribution is 5.72. The van der Waals surface area contributed by atoms with Gasteiger partial charge in [0.25, 0.3) is 0 Å². The monoisotopic (exact) mass is 390 g/mol. The number of ether oxygens (including phenoxy) is 1. The lowest BCUT2D eigenvalue weighted by atomic mass is 9.79. The standard InChI is InChI=1S/C17H26O3.4C2H4/c1-8-14(18)20-11-9-12(16(2,3)4)15(19)13(10-11)17(5,6)7;4*1-2/h9-10,19H,8H2,1-7H3;4*1-2H2. The molecule has 3 nitrogen and oxygen atoms in total. The SMILES string of the molecule is C=C.C=C.C=C.C=C.CCC(=O)Oc1cc(C(C)(C)C)c(O)c(C(C)(C)C)c1. The van der Waals surface area contributed by atoms with Gasteiger partial charge in [-0.3, -0.25) is 4.79 Å². The fourth-order valence-corrected chi connectivity index (χ4v) is 2.01. The van der Waals surface area contributed by atoms with Crippen molar-refractivity contribution in [1.29, 1.82) is 0 Å². The van der Waals surface area contributed by atoms with Crippen LogP contribution in [0.4, 0.5) is 0 Å². The number of rotatable bonds is 2. The maximum Gasteiger partial charge on any atom is 0.310 e. The van der Waals surface area contributed by atoms with E-state index in [0.29, 0.717) is 17.9 Å². The summed E-state index contributed by atoms with van der Waals surface area (Å²) in [6.45, 7) is 37.9.